The van der Waals surface area contributed by atoms with Crippen LogP contribution in [-0.4, -0.2) is 51.9 Å². The van der Waals surface area contributed by atoms with Crippen molar-refractivity contribution < 1.29 is 9.47 Å². The summed E-state index contributed by atoms with van der Waals surface area (Å²) in [7, 11) is 0. The molecule has 3 rings (SSSR count). The van der Waals surface area contributed by atoms with Gasteiger partial charge in [-0.05, 0) is 35.3 Å². The van der Waals surface area contributed by atoms with Crippen LogP contribution in [0.1, 0.15) is 24.8 Å². The van der Waals surface area contributed by atoms with E-state index in [2.05, 4.69) is 27.7 Å². The van der Waals surface area contributed by atoms with Crippen LogP contribution in [0.25, 0.3) is 0 Å². The summed E-state index contributed by atoms with van der Waals surface area (Å²) in [6.07, 6.45) is 3.81. The molecular formula is C16H22N4O2S. The Morgan fingerprint density at radius 3 is 3.00 bits per heavy atom. The molecule has 7 heteroatoms. The molecule has 1 aromatic heterocycles. The molecule has 1 aliphatic heterocycles. The molecule has 124 valence electrons. The fourth-order valence-electron chi connectivity index (χ4n) is 2.50. The van der Waals surface area contributed by atoms with Crippen molar-refractivity contribution >= 4 is 11.8 Å². The molecule has 0 aliphatic carbocycles. The average Bonchev–Trinajstić information content (AvgIpc) is 3.03. The standard InChI is InChI=1S/C16H22N4O2S/c1-2-6-14(7-3-1)12-20-16(17-18-19-20)23-11-10-21-13-15-8-4-5-9-22-15/h1-3,6-7,15H,4-5,8-13H2/t15-/m1/s1. The van der Waals surface area contributed by atoms with Crippen LogP contribution < -0.4 is 0 Å². The van der Waals surface area contributed by atoms with Gasteiger partial charge in [0.2, 0.25) is 5.16 Å². The fraction of sp³-hybridized carbons (Fsp3) is 0.562. The smallest absolute Gasteiger partial charge is 0.209 e. The Labute approximate surface area is 140 Å². The minimum absolute atomic E-state index is 0.275. The first-order valence-electron chi connectivity index (χ1n) is 8.04. The minimum atomic E-state index is 0.275. The first-order chi connectivity index (χ1) is 11.4. The highest BCUT2D eigenvalue weighted by molar-refractivity contribution is 7.99. The topological polar surface area (TPSA) is 62.1 Å². The normalized spacial score (nSPS) is 18.2. The number of hydrogen-bond acceptors (Lipinski definition) is 6. The molecule has 1 saturated heterocycles. The summed E-state index contributed by atoms with van der Waals surface area (Å²) in [5, 5.41) is 12.7. The third kappa shape index (κ3) is 5.30. The minimum Gasteiger partial charge on any atom is -0.378 e. The number of benzene rings is 1. The van der Waals surface area contributed by atoms with Crippen LogP contribution >= 0.6 is 11.8 Å². The first kappa shape index (κ1) is 16.4. The van der Waals surface area contributed by atoms with Crippen LogP contribution in [0.3, 0.4) is 0 Å². The van der Waals surface area contributed by atoms with E-state index < -0.39 is 0 Å². The van der Waals surface area contributed by atoms with E-state index in [0.29, 0.717) is 19.8 Å². The van der Waals surface area contributed by atoms with E-state index in [1.165, 1.54) is 18.4 Å². The van der Waals surface area contributed by atoms with Crippen molar-refractivity contribution in [2.45, 2.75) is 37.1 Å². The molecule has 0 amide bonds. The highest BCUT2D eigenvalue weighted by atomic mass is 32.2. The summed E-state index contributed by atoms with van der Waals surface area (Å²) in [6.45, 7) is 2.93. The van der Waals surface area contributed by atoms with Crippen molar-refractivity contribution in [3.63, 3.8) is 0 Å². The SMILES string of the molecule is c1ccc(Cn2nnnc2SCCOC[C@H]2CCCCO2)cc1. The average molecular weight is 334 g/mol. The molecule has 1 aromatic carbocycles. The van der Waals surface area contributed by atoms with Crippen LogP contribution in [0.2, 0.25) is 0 Å². The zero-order valence-electron chi connectivity index (χ0n) is 13.1. The van der Waals surface area contributed by atoms with Gasteiger partial charge in [-0.15, -0.1) is 5.10 Å². The number of thioether (sulfide) groups is 1. The molecule has 2 heterocycles. The highest BCUT2D eigenvalue weighted by Gasteiger charge is 2.13. The van der Waals surface area contributed by atoms with E-state index in [1.807, 2.05) is 22.9 Å². The lowest BCUT2D eigenvalue weighted by atomic mass is 10.1. The Kier molecular flexibility index (Phi) is 6.43. The maximum atomic E-state index is 5.71. The summed E-state index contributed by atoms with van der Waals surface area (Å²) in [5.74, 6) is 0.835. The van der Waals surface area contributed by atoms with Crippen molar-refractivity contribution in [2.75, 3.05) is 25.6 Å². The molecule has 0 unspecified atom stereocenters. The Morgan fingerprint density at radius 1 is 1.26 bits per heavy atom. The molecule has 0 bridgehead atoms. The Hall–Kier alpha value is -1.44. The second kappa shape index (κ2) is 9.00. The summed E-state index contributed by atoms with van der Waals surface area (Å²) in [5.41, 5.74) is 1.19. The Bertz CT molecular complexity index is 572. The van der Waals surface area contributed by atoms with Gasteiger partial charge < -0.3 is 9.47 Å². The third-order valence-corrected chi connectivity index (χ3v) is 4.63. The maximum Gasteiger partial charge on any atom is 0.209 e. The second-order valence-electron chi connectivity index (χ2n) is 5.52. The molecule has 1 aliphatic rings. The largest absolute Gasteiger partial charge is 0.378 e. The molecule has 2 aromatic rings. The zero-order chi connectivity index (χ0) is 15.7. The van der Waals surface area contributed by atoms with E-state index in [-0.39, 0.29) is 6.10 Å². The molecule has 6 nitrogen and oxygen atoms in total. The lowest BCUT2D eigenvalue weighted by Gasteiger charge is -2.22. The predicted octanol–water partition coefficient (Wildman–Crippen LogP) is 2.40. The third-order valence-electron chi connectivity index (χ3n) is 3.71. The van der Waals surface area contributed by atoms with E-state index in [0.717, 1.165) is 23.9 Å². The maximum absolute atomic E-state index is 5.71. The quantitative estimate of drug-likeness (QED) is 0.546. The van der Waals surface area contributed by atoms with Crippen LogP contribution in [0, 0.1) is 0 Å². The monoisotopic (exact) mass is 334 g/mol. The summed E-state index contributed by atoms with van der Waals surface area (Å²) in [6, 6.07) is 10.2. The number of rotatable bonds is 8. The van der Waals surface area contributed by atoms with Crippen molar-refractivity contribution in [2.24, 2.45) is 0 Å². The summed E-state index contributed by atoms with van der Waals surface area (Å²) >= 11 is 1.62. The van der Waals surface area contributed by atoms with Crippen LogP contribution in [0.15, 0.2) is 35.5 Å². The van der Waals surface area contributed by atoms with Crippen molar-refractivity contribution in [3.8, 4) is 0 Å². The van der Waals surface area contributed by atoms with Gasteiger partial charge in [0.05, 0.1) is 25.9 Å². The molecule has 0 radical (unpaired) electrons. The lowest BCUT2D eigenvalue weighted by Crippen LogP contribution is -2.24. The number of hydrogen-bond donors (Lipinski definition) is 0. The van der Waals surface area contributed by atoms with Gasteiger partial charge in [0, 0.05) is 12.4 Å². The molecule has 0 spiro atoms. The van der Waals surface area contributed by atoms with E-state index in [4.69, 9.17) is 9.47 Å². The number of ether oxygens (including phenoxy) is 2. The predicted molar refractivity (Wildman–Crippen MR) is 88.5 cm³/mol. The van der Waals surface area contributed by atoms with E-state index in [1.54, 1.807) is 11.8 Å². The molecule has 1 atom stereocenters. The van der Waals surface area contributed by atoms with Crippen molar-refractivity contribution in [3.05, 3.63) is 35.9 Å². The molecule has 1 fully saturated rings. The number of tetrazole rings is 1. The van der Waals surface area contributed by atoms with Gasteiger partial charge in [-0.25, -0.2) is 4.68 Å². The number of aromatic nitrogens is 4. The van der Waals surface area contributed by atoms with Crippen LogP contribution in [-0.2, 0) is 16.0 Å². The van der Waals surface area contributed by atoms with Crippen molar-refractivity contribution in [1.82, 2.24) is 20.2 Å². The zero-order valence-corrected chi connectivity index (χ0v) is 14.0. The molecule has 0 saturated carbocycles. The summed E-state index contributed by atoms with van der Waals surface area (Å²) < 4.78 is 13.2. The van der Waals surface area contributed by atoms with Gasteiger partial charge in [0.25, 0.3) is 0 Å². The molecule has 0 N–H and O–H groups in total. The van der Waals surface area contributed by atoms with E-state index in [9.17, 15) is 0 Å². The van der Waals surface area contributed by atoms with Gasteiger partial charge >= 0.3 is 0 Å². The first-order valence-corrected chi connectivity index (χ1v) is 9.02. The van der Waals surface area contributed by atoms with Gasteiger partial charge in [-0.1, -0.05) is 42.1 Å². The summed E-state index contributed by atoms with van der Waals surface area (Å²) in [4.78, 5) is 0. The number of nitrogens with zero attached hydrogens (tertiary/aromatic N) is 4. The highest BCUT2D eigenvalue weighted by Crippen LogP contribution is 2.16. The molecular weight excluding hydrogens is 312 g/mol. The van der Waals surface area contributed by atoms with Gasteiger partial charge in [0.1, 0.15) is 0 Å². The van der Waals surface area contributed by atoms with Crippen molar-refractivity contribution in [1.29, 1.82) is 0 Å². The Balaban J connectivity index is 1.38. The van der Waals surface area contributed by atoms with Crippen LogP contribution in [0.4, 0.5) is 0 Å². The fourth-order valence-corrected chi connectivity index (χ4v) is 3.23. The second-order valence-corrected chi connectivity index (χ2v) is 6.58. The van der Waals surface area contributed by atoms with Gasteiger partial charge in [0.15, 0.2) is 0 Å². The Morgan fingerprint density at radius 2 is 2.17 bits per heavy atom. The van der Waals surface area contributed by atoms with Crippen LogP contribution in [0.5, 0.6) is 0 Å². The van der Waals surface area contributed by atoms with Gasteiger partial charge in [-0.2, -0.15) is 0 Å². The van der Waals surface area contributed by atoms with E-state index >= 15 is 0 Å². The lowest BCUT2D eigenvalue weighted by molar-refractivity contribution is -0.0376. The molecule has 23 heavy (non-hydrogen) atoms. The van der Waals surface area contributed by atoms with Gasteiger partial charge in [-0.3, -0.25) is 0 Å².